The van der Waals surface area contributed by atoms with Gasteiger partial charge in [-0.25, -0.2) is 0 Å². The molecule has 4 saturated carbocycles. The van der Waals surface area contributed by atoms with Gasteiger partial charge >= 0.3 is 0 Å². The zero-order valence-electron chi connectivity index (χ0n) is 15.9. The topological polar surface area (TPSA) is 91.8 Å². The lowest BCUT2D eigenvalue weighted by Gasteiger charge is -2.55. The second-order valence-corrected chi connectivity index (χ2v) is 10.1. The molecular formula is C21H21ClN4O2S. The number of rotatable bonds is 5. The Hall–Kier alpha value is -2.04. The van der Waals surface area contributed by atoms with E-state index in [0.717, 1.165) is 23.6 Å². The summed E-state index contributed by atoms with van der Waals surface area (Å²) in [6.45, 7) is 0. The second-order valence-electron chi connectivity index (χ2n) is 8.71. The van der Waals surface area contributed by atoms with Crippen LogP contribution in [-0.2, 0) is 10.2 Å². The van der Waals surface area contributed by atoms with Crippen LogP contribution in [0, 0.1) is 29.1 Å². The Morgan fingerprint density at radius 3 is 2.59 bits per heavy atom. The summed E-state index contributed by atoms with van der Waals surface area (Å²) in [6, 6.07) is 6.82. The van der Waals surface area contributed by atoms with Gasteiger partial charge < -0.3 is 9.73 Å². The summed E-state index contributed by atoms with van der Waals surface area (Å²) in [5.74, 6) is 3.07. The Balaban J connectivity index is 1.23. The molecule has 150 valence electrons. The molecule has 0 aliphatic heterocycles. The first-order valence-electron chi connectivity index (χ1n) is 9.99. The number of nitrogens with one attached hydrogen (secondary N) is 1. The molecule has 8 heteroatoms. The highest BCUT2D eigenvalue weighted by molar-refractivity contribution is 7.99. The third kappa shape index (κ3) is 3.64. The fourth-order valence-electron chi connectivity index (χ4n) is 5.89. The molecule has 1 aromatic heterocycles. The third-order valence-corrected chi connectivity index (χ3v) is 7.65. The lowest BCUT2D eigenvalue weighted by Crippen LogP contribution is -2.48. The number of carbonyl (C=O) groups excluding carboxylic acids is 1. The van der Waals surface area contributed by atoms with Crippen LogP contribution in [0.1, 0.15) is 50.0 Å². The van der Waals surface area contributed by atoms with Gasteiger partial charge in [0.15, 0.2) is 0 Å². The molecule has 4 aliphatic carbocycles. The summed E-state index contributed by atoms with van der Waals surface area (Å²) in [5.41, 5.74) is 0.839. The summed E-state index contributed by atoms with van der Waals surface area (Å²) in [4.78, 5) is 12.3. The van der Waals surface area contributed by atoms with E-state index in [1.807, 2.05) is 6.07 Å². The van der Waals surface area contributed by atoms with Crippen molar-refractivity contribution in [3.63, 3.8) is 0 Å². The number of thioether (sulfide) groups is 1. The molecule has 6 rings (SSSR count). The van der Waals surface area contributed by atoms with Crippen LogP contribution < -0.4 is 5.32 Å². The third-order valence-electron chi connectivity index (χ3n) is 6.60. The lowest BCUT2D eigenvalue weighted by atomic mass is 9.49. The quantitative estimate of drug-likeness (QED) is 0.688. The fourth-order valence-corrected chi connectivity index (χ4v) is 6.62. The first-order chi connectivity index (χ1) is 14.0. The highest BCUT2D eigenvalue weighted by Crippen LogP contribution is 2.60. The number of anilines is 1. The Labute approximate surface area is 178 Å². The van der Waals surface area contributed by atoms with E-state index >= 15 is 0 Å². The Morgan fingerprint density at radius 1 is 1.24 bits per heavy atom. The van der Waals surface area contributed by atoms with E-state index < -0.39 is 0 Å². The zero-order valence-corrected chi connectivity index (χ0v) is 17.4. The summed E-state index contributed by atoms with van der Waals surface area (Å²) in [7, 11) is 0. The molecule has 1 heterocycles. The molecule has 0 spiro atoms. The predicted octanol–water partition coefficient (Wildman–Crippen LogP) is 4.79. The lowest BCUT2D eigenvalue weighted by molar-refractivity contribution is -0.113. The van der Waals surface area contributed by atoms with Gasteiger partial charge in [-0.1, -0.05) is 23.4 Å². The Bertz CT molecular complexity index is 964. The van der Waals surface area contributed by atoms with E-state index in [0.29, 0.717) is 21.5 Å². The van der Waals surface area contributed by atoms with Crippen molar-refractivity contribution >= 4 is 35.0 Å². The van der Waals surface area contributed by atoms with Crippen LogP contribution in [0.15, 0.2) is 27.8 Å². The molecule has 1 aromatic carbocycles. The van der Waals surface area contributed by atoms with E-state index in [2.05, 4.69) is 15.5 Å². The number of halogens is 1. The van der Waals surface area contributed by atoms with Crippen LogP contribution >= 0.6 is 23.4 Å². The standard InChI is InChI=1S/C21H21ClN4O2S/c22-16-2-1-15(10-23)17(6-16)24-18(27)11-29-20-26-25-19(28-20)21-7-12-3-13(8-21)5-14(4-12)9-21/h1-2,6,12-14H,3-5,7-9,11H2,(H,24,27). The number of hydrogen-bond acceptors (Lipinski definition) is 6. The SMILES string of the molecule is N#Cc1ccc(Cl)cc1NC(=O)CSc1nnc(C23CC4CC(CC(C4)C2)C3)o1. The minimum atomic E-state index is -0.247. The average molecular weight is 429 g/mol. The Kier molecular flexibility index (Phi) is 4.79. The average Bonchev–Trinajstić information content (AvgIpc) is 3.16. The van der Waals surface area contributed by atoms with Crippen LogP contribution in [0.2, 0.25) is 5.02 Å². The van der Waals surface area contributed by atoms with Crippen molar-refractivity contribution in [2.45, 2.75) is 49.2 Å². The van der Waals surface area contributed by atoms with E-state index in [9.17, 15) is 4.79 Å². The largest absolute Gasteiger partial charge is 0.415 e. The zero-order chi connectivity index (χ0) is 20.0. The molecule has 0 atom stereocenters. The van der Waals surface area contributed by atoms with Gasteiger partial charge in [-0.2, -0.15) is 5.26 Å². The van der Waals surface area contributed by atoms with Gasteiger partial charge in [-0.3, -0.25) is 4.79 Å². The van der Waals surface area contributed by atoms with Crippen molar-refractivity contribution in [2.75, 3.05) is 11.1 Å². The molecule has 1 N–H and O–H groups in total. The normalized spacial score (nSPS) is 29.6. The van der Waals surface area contributed by atoms with Gasteiger partial charge in [0.1, 0.15) is 6.07 Å². The van der Waals surface area contributed by atoms with Crippen molar-refractivity contribution in [1.82, 2.24) is 10.2 Å². The highest BCUT2D eigenvalue weighted by atomic mass is 35.5. The molecular weight excluding hydrogens is 408 g/mol. The number of nitrogens with zero attached hydrogens (tertiary/aromatic N) is 3. The van der Waals surface area contributed by atoms with E-state index in [-0.39, 0.29) is 17.1 Å². The summed E-state index contributed by atoms with van der Waals surface area (Å²) in [5, 5.41) is 21.4. The van der Waals surface area contributed by atoms with E-state index in [1.165, 1.54) is 50.3 Å². The van der Waals surface area contributed by atoms with Crippen LogP contribution in [0.5, 0.6) is 0 Å². The number of hydrogen-bond donors (Lipinski definition) is 1. The van der Waals surface area contributed by atoms with Gasteiger partial charge in [0.25, 0.3) is 5.22 Å². The summed E-state index contributed by atoms with van der Waals surface area (Å²) < 4.78 is 6.02. The molecule has 4 fully saturated rings. The highest BCUT2D eigenvalue weighted by Gasteiger charge is 2.54. The number of aromatic nitrogens is 2. The van der Waals surface area contributed by atoms with Crippen molar-refractivity contribution in [1.29, 1.82) is 5.26 Å². The van der Waals surface area contributed by atoms with Crippen molar-refractivity contribution in [2.24, 2.45) is 17.8 Å². The molecule has 29 heavy (non-hydrogen) atoms. The minimum absolute atomic E-state index is 0.0608. The molecule has 0 radical (unpaired) electrons. The van der Waals surface area contributed by atoms with Crippen molar-refractivity contribution < 1.29 is 9.21 Å². The monoisotopic (exact) mass is 428 g/mol. The maximum Gasteiger partial charge on any atom is 0.277 e. The van der Waals surface area contributed by atoms with Crippen molar-refractivity contribution in [3.05, 3.63) is 34.7 Å². The minimum Gasteiger partial charge on any atom is -0.415 e. The van der Waals surface area contributed by atoms with Crippen LogP contribution in [0.25, 0.3) is 0 Å². The Morgan fingerprint density at radius 2 is 1.93 bits per heavy atom. The second kappa shape index (κ2) is 7.33. The fraction of sp³-hybridized carbons (Fsp3) is 0.524. The van der Waals surface area contributed by atoms with Gasteiger partial charge in [0.05, 0.1) is 17.0 Å². The number of benzene rings is 1. The van der Waals surface area contributed by atoms with Crippen molar-refractivity contribution in [3.8, 4) is 6.07 Å². The number of amides is 1. The van der Waals surface area contributed by atoms with Gasteiger partial charge in [0, 0.05) is 10.4 Å². The molecule has 6 nitrogen and oxygen atoms in total. The molecule has 0 unspecified atom stereocenters. The number of carbonyl (C=O) groups is 1. The van der Waals surface area contributed by atoms with Gasteiger partial charge in [-0.05, 0) is 74.5 Å². The van der Waals surface area contributed by atoms with Gasteiger partial charge in [-0.15, -0.1) is 10.2 Å². The molecule has 4 aliphatic rings. The van der Waals surface area contributed by atoms with E-state index in [1.54, 1.807) is 18.2 Å². The molecule has 0 saturated heterocycles. The van der Waals surface area contributed by atoms with Crippen LogP contribution in [-0.4, -0.2) is 21.9 Å². The predicted molar refractivity (Wildman–Crippen MR) is 110 cm³/mol. The first kappa shape index (κ1) is 19.0. The van der Waals surface area contributed by atoms with Crippen LogP contribution in [0.3, 0.4) is 0 Å². The smallest absolute Gasteiger partial charge is 0.277 e. The van der Waals surface area contributed by atoms with E-state index in [4.69, 9.17) is 21.3 Å². The maximum atomic E-state index is 12.3. The molecule has 2 aromatic rings. The number of nitriles is 1. The molecule has 4 bridgehead atoms. The van der Waals surface area contributed by atoms with Crippen LogP contribution in [0.4, 0.5) is 5.69 Å². The van der Waals surface area contributed by atoms with Gasteiger partial charge in [0.2, 0.25) is 11.8 Å². The maximum absolute atomic E-state index is 12.3. The summed E-state index contributed by atoms with van der Waals surface area (Å²) >= 11 is 7.18. The molecule has 1 amide bonds. The first-order valence-corrected chi connectivity index (χ1v) is 11.4. The summed E-state index contributed by atoms with van der Waals surface area (Å²) in [6.07, 6.45) is 7.59.